The van der Waals surface area contributed by atoms with E-state index in [1.807, 2.05) is 6.92 Å². The quantitative estimate of drug-likeness (QED) is 0.624. The Morgan fingerprint density at radius 3 is 1.22 bits per heavy atom. The third-order valence-electron chi connectivity index (χ3n) is 2.84. The molecule has 0 aromatic heterocycles. The number of fused-ring (bicyclic) bond motifs is 2. The van der Waals surface area contributed by atoms with Gasteiger partial charge in [0.25, 0.3) is 0 Å². The SMILES string of the molecule is CCCO.c1ccc2cc3ccccc3cc2c1. The lowest BCUT2D eigenvalue weighted by atomic mass is 10.0. The summed E-state index contributed by atoms with van der Waals surface area (Å²) in [6.45, 7) is 2.25. The summed E-state index contributed by atoms with van der Waals surface area (Å²) in [4.78, 5) is 0. The molecule has 0 aliphatic carbocycles. The molecule has 0 spiro atoms. The number of hydrogen-bond donors (Lipinski definition) is 1. The van der Waals surface area contributed by atoms with Crippen LogP contribution in [-0.2, 0) is 0 Å². The summed E-state index contributed by atoms with van der Waals surface area (Å²) < 4.78 is 0. The standard InChI is InChI=1S/C14H10.C3H8O/c1-2-6-12-10-14-8-4-3-7-13(14)9-11(12)5-1;1-2-3-4/h1-10H;4H,2-3H2,1H3. The van der Waals surface area contributed by atoms with Crippen LogP contribution in [0.4, 0.5) is 0 Å². The highest BCUT2D eigenvalue weighted by Crippen LogP contribution is 2.21. The van der Waals surface area contributed by atoms with E-state index >= 15 is 0 Å². The van der Waals surface area contributed by atoms with Crippen molar-refractivity contribution in [1.29, 1.82) is 0 Å². The second-order valence-corrected chi connectivity index (χ2v) is 4.27. The Bertz CT molecular complexity index is 521. The monoisotopic (exact) mass is 238 g/mol. The van der Waals surface area contributed by atoms with Crippen molar-refractivity contribution in [3.05, 3.63) is 60.7 Å². The first-order valence-electron chi connectivity index (χ1n) is 6.33. The van der Waals surface area contributed by atoms with Crippen molar-refractivity contribution in [1.82, 2.24) is 0 Å². The van der Waals surface area contributed by atoms with Gasteiger partial charge >= 0.3 is 0 Å². The first-order valence-corrected chi connectivity index (χ1v) is 6.33. The third-order valence-corrected chi connectivity index (χ3v) is 2.84. The highest BCUT2D eigenvalue weighted by molar-refractivity contribution is 5.98. The van der Waals surface area contributed by atoms with Crippen LogP contribution in [0.15, 0.2) is 60.7 Å². The fraction of sp³-hybridized carbons (Fsp3) is 0.176. The van der Waals surface area contributed by atoms with Gasteiger partial charge in [-0.2, -0.15) is 0 Å². The molecule has 0 aliphatic rings. The Labute approximate surface area is 108 Å². The maximum absolute atomic E-state index is 7.88. The molecule has 0 saturated carbocycles. The van der Waals surface area contributed by atoms with Crippen LogP contribution < -0.4 is 0 Å². The zero-order chi connectivity index (χ0) is 12.8. The Morgan fingerprint density at radius 2 is 1.00 bits per heavy atom. The lowest BCUT2D eigenvalue weighted by Crippen LogP contribution is -1.74. The highest BCUT2D eigenvalue weighted by Gasteiger charge is 1.95. The van der Waals surface area contributed by atoms with Gasteiger partial charge in [0.1, 0.15) is 0 Å². The Morgan fingerprint density at radius 1 is 0.722 bits per heavy atom. The molecule has 0 fully saturated rings. The summed E-state index contributed by atoms with van der Waals surface area (Å²) in [7, 11) is 0. The average molecular weight is 238 g/mol. The van der Waals surface area contributed by atoms with Gasteiger partial charge in [-0.3, -0.25) is 0 Å². The molecule has 1 nitrogen and oxygen atoms in total. The fourth-order valence-corrected chi connectivity index (χ4v) is 1.88. The maximum Gasteiger partial charge on any atom is 0.0428 e. The Balaban J connectivity index is 0.000000267. The van der Waals surface area contributed by atoms with Crippen LogP contribution in [0.2, 0.25) is 0 Å². The minimum atomic E-state index is 0.319. The molecule has 0 aliphatic heterocycles. The molecular weight excluding hydrogens is 220 g/mol. The zero-order valence-corrected chi connectivity index (χ0v) is 10.6. The summed E-state index contributed by atoms with van der Waals surface area (Å²) >= 11 is 0. The first-order chi connectivity index (χ1) is 8.85. The molecular formula is C17H18O. The van der Waals surface area contributed by atoms with Crippen molar-refractivity contribution in [2.24, 2.45) is 0 Å². The van der Waals surface area contributed by atoms with Crippen LogP contribution in [0, 0.1) is 0 Å². The van der Waals surface area contributed by atoms with Crippen molar-refractivity contribution in [2.45, 2.75) is 13.3 Å². The summed E-state index contributed by atoms with van der Waals surface area (Å²) in [5.74, 6) is 0. The summed E-state index contributed by atoms with van der Waals surface area (Å²) in [5, 5.41) is 13.1. The van der Waals surface area contributed by atoms with Gasteiger partial charge in [-0.1, -0.05) is 55.5 Å². The summed E-state index contributed by atoms with van der Waals surface area (Å²) in [6.07, 6.45) is 0.875. The van der Waals surface area contributed by atoms with E-state index in [2.05, 4.69) is 60.7 Å². The zero-order valence-electron chi connectivity index (χ0n) is 10.6. The van der Waals surface area contributed by atoms with Crippen molar-refractivity contribution < 1.29 is 5.11 Å². The lowest BCUT2D eigenvalue weighted by molar-refractivity contribution is 0.295. The van der Waals surface area contributed by atoms with E-state index in [1.54, 1.807) is 0 Å². The van der Waals surface area contributed by atoms with E-state index in [-0.39, 0.29) is 0 Å². The van der Waals surface area contributed by atoms with Crippen LogP contribution >= 0.6 is 0 Å². The predicted octanol–water partition coefficient (Wildman–Crippen LogP) is 4.38. The maximum atomic E-state index is 7.88. The van der Waals surface area contributed by atoms with Crippen LogP contribution in [0.25, 0.3) is 21.5 Å². The molecule has 18 heavy (non-hydrogen) atoms. The molecule has 0 amide bonds. The Hall–Kier alpha value is -1.86. The highest BCUT2D eigenvalue weighted by atomic mass is 16.2. The third kappa shape index (κ3) is 2.88. The summed E-state index contributed by atoms with van der Waals surface area (Å²) in [5.41, 5.74) is 0. The first kappa shape index (κ1) is 12.6. The Kier molecular flexibility index (Phi) is 4.32. The van der Waals surface area contributed by atoms with E-state index in [0.29, 0.717) is 6.61 Å². The molecule has 1 heteroatoms. The van der Waals surface area contributed by atoms with Crippen molar-refractivity contribution in [3.63, 3.8) is 0 Å². The largest absolute Gasteiger partial charge is 0.396 e. The average Bonchev–Trinajstić information content (AvgIpc) is 2.45. The number of hydrogen-bond acceptors (Lipinski definition) is 1. The van der Waals surface area contributed by atoms with E-state index < -0.39 is 0 Å². The van der Waals surface area contributed by atoms with Crippen molar-refractivity contribution in [2.75, 3.05) is 6.61 Å². The van der Waals surface area contributed by atoms with Gasteiger partial charge in [0.15, 0.2) is 0 Å². The van der Waals surface area contributed by atoms with Crippen LogP contribution in [0.1, 0.15) is 13.3 Å². The molecule has 0 atom stereocenters. The molecule has 3 aromatic rings. The molecule has 92 valence electrons. The second-order valence-electron chi connectivity index (χ2n) is 4.27. The van der Waals surface area contributed by atoms with Gasteiger partial charge < -0.3 is 5.11 Å². The predicted molar refractivity (Wildman–Crippen MR) is 78.8 cm³/mol. The van der Waals surface area contributed by atoms with E-state index in [9.17, 15) is 0 Å². The fourth-order valence-electron chi connectivity index (χ4n) is 1.88. The molecule has 0 radical (unpaired) electrons. The van der Waals surface area contributed by atoms with Crippen molar-refractivity contribution >= 4 is 21.5 Å². The topological polar surface area (TPSA) is 20.2 Å². The molecule has 0 bridgehead atoms. The molecule has 0 heterocycles. The smallest absolute Gasteiger partial charge is 0.0428 e. The molecule has 3 aromatic carbocycles. The van der Waals surface area contributed by atoms with Crippen LogP contribution in [0.5, 0.6) is 0 Å². The molecule has 3 rings (SSSR count). The molecule has 1 N–H and O–H groups in total. The number of aliphatic hydroxyl groups is 1. The number of aliphatic hydroxyl groups excluding tert-OH is 1. The van der Waals surface area contributed by atoms with E-state index in [1.165, 1.54) is 21.5 Å². The van der Waals surface area contributed by atoms with Gasteiger partial charge in [-0.25, -0.2) is 0 Å². The van der Waals surface area contributed by atoms with Gasteiger partial charge in [-0.05, 0) is 40.1 Å². The second kappa shape index (κ2) is 6.18. The molecule has 0 saturated heterocycles. The lowest BCUT2D eigenvalue weighted by Gasteiger charge is -2.00. The van der Waals surface area contributed by atoms with Crippen molar-refractivity contribution in [3.8, 4) is 0 Å². The van der Waals surface area contributed by atoms with Gasteiger partial charge in [0.05, 0.1) is 0 Å². The van der Waals surface area contributed by atoms with Crippen LogP contribution in [-0.4, -0.2) is 11.7 Å². The normalized spacial score (nSPS) is 10.1. The number of rotatable bonds is 1. The van der Waals surface area contributed by atoms with Gasteiger partial charge in [0, 0.05) is 6.61 Å². The van der Waals surface area contributed by atoms with Crippen LogP contribution in [0.3, 0.4) is 0 Å². The minimum absolute atomic E-state index is 0.319. The van der Waals surface area contributed by atoms with Gasteiger partial charge in [-0.15, -0.1) is 0 Å². The van der Waals surface area contributed by atoms with E-state index in [4.69, 9.17) is 5.11 Å². The van der Waals surface area contributed by atoms with Gasteiger partial charge in [0.2, 0.25) is 0 Å². The molecule has 0 unspecified atom stereocenters. The number of benzene rings is 3. The van der Waals surface area contributed by atoms with E-state index in [0.717, 1.165) is 6.42 Å². The summed E-state index contributed by atoms with van der Waals surface area (Å²) in [6, 6.07) is 21.4. The minimum Gasteiger partial charge on any atom is -0.396 e.